The maximum atomic E-state index is 14.0. The van der Waals surface area contributed by atoms with Crippen LogP contribution in [0.1, 0.15) is 65.2 Å². The third-order valence-electron chi connectivity index (χ3n) is 3.92. The molecule has 1 aromatic carbocycles. The Morgan fingerprint density at radius 3 is 2.08 bits per heavy atom. The second-order valence-corrected chi connectivity index (χ2v) is 9.06. The number of alkyl halides is 1. The standard InChI is InChI=1S/C19H26FO5P/c1-17(2,3)13-10-12(16(22)14(11-13)18(4,5)6)8-9-15(21)19(7,20)25-26(23)24/h8-11H,1-7H3,(H-,21,22,23,24)/p+1. The van der Waals surface area contributed by atoms with Crippen LogP contribution in [0.4, 0.5) is 4.39 Å². The van der Waals surface area contributed by atoms with Crippen LogP contribution in [0.2, 0.25) is 0 Å². The second-order valence-electron chi connectivity index (χ2n) is 8.41. The van der Waals surface area contributed by atoms with Gasteiger partial charge >= 0.3 is 14.1 Å². The highest BCUT2D eigenvalue weighted by Gasteiger charge is 2.42. The monoisotopic (exact) mass is 385 g/mol. The molecule has 0 aromatic heterocycles. The van der Waals surface area contributed by atoms with Crippen LogP contribution >= 0.6 is 8.25 Å². The van der Waals surface area contributed by atoms with E-state index in [1.807, 2.05) is 47.6 Å². The van der Waals surface area contributed by atoms with E-state index in [2.05, 4.69) is 4.52 Å². The Bertz CT molecular complexity index is 740. The Morgan fingerprint density at radius 1 is 1.12 bits per heavy atom. The summed E-state index contributed by atoms with van der Waals surface area (Å²) in [6.07, 6.45) is 2.18. The lowest BCUT2D eigenvalue weighted by atomic mass is 9.79. The van der Waals surface area contributed by atoms with Crippen LogP contribution in [0.25, 0.3) is 6.08 Å². The summed E-state index contributed by atoms with van der Waals surface area (Å²) in [4.78, 5) is 20.6. The summed E-state index contributed by atoms with van der Waals surface area (Å²) >= 11 is 0. The molecule has 0 saturated carbocycles. The highest BCUT2D eigenvalue weighted by atomic mass is 31.1. The molecular weight excluding hydrogens is 358 g/mol. The fourth-order valence-electron chi connectivity index (χ4n) is 2.29. The van der Waals surface area contributed by atoms with Crippen molar-refractivity contribution in [2.45, 2.75) is 65.2 Å². The van der Waals surface area contributed by atoms with Crippen molar-refractivity contribution in [2.24, 2.45) is 0 Å². The van der Waals surface area contributed by atoms with Crippen molar-refractivity contribution >= 4 is 20.1 Å². The van der Waals surface area contributed by atoms with Gasteiger partial charge in [-0.05, 0) is 34.6 Å². The van der Waals surface area contributed by atoms with E-state index in [4.69, 9.17) is 4.89 Å². The lowest BCUT2D eigenvalue weighted by molar-refractivity contribution is -0.143. The predicted molar refractivity (Wildman–Crippen MR) is 100.0 cm³/mol. The molecule has 0 spiro atoms. The number of ketones is 1. The van der Waals surface area contributed by atoms with Gasteiger partial charge < -0.3 is 5.11 Å². The van der Waals surface area contributed by atoms with Gasteiger partial charge in [-0.25, -0.2) is 0 Å². The van der Waals surface area contributed by atoms with Gasteiger partial charge in [0.05, 0.1) is 0 Å². The summed E-state index contributed by atoms with van der Waals surface area (Å²) in [5.74, 6) is -4.06. The van der Waals surface area contributed by atoms with E-state index in [0.29, 0.717) is 11.1 Å². The Balaban J connectivity index is 3.40. The van der Waals surface area contributed by atoms with Crippen molar-refractivity contribution < 1.29 is 28.3 Å². The molecule has 0 aliphatic rings. The van der Waals surface area contributed by atoms with Crippen molar-refractivity contribution in [3.8, 4) is 5.75 Å². The van der Waals surface area contributed by atoms with Crippen LogP contribution in [0.15, 0.2) is 18.2 Å². The number of benzene rings is 1. The first-order chi connectivity index (χ1) is 11.6. The molecule has 5 nitrogen and oxygen atoms in total. The average Bonchev–Trinajstić information content (AvgIpc) is 2.41. The summed E-state index contributed by atoms with van der Waals surface area (Å²) in [7, 11) is -3.26. The largest absolute Gasteiger partial charge is 0.698 e. The molecule has 1 rings (SSSR count). The molecule has 144 valence electrons. The van der Waals surface area contributed by atoms with Crippen LogP contribution in [-0.4, -0.2) is 21.6 Å². The summed E-state index contributed by atoms with van der Waals surface area (Å²) in [5.41, 5.74) is 1.47. The van der Waals surface area contributed by atoms with Crippen LogP contribution in [0, 0.1) is 0 Å². The molecule has 0 heterocycles. The van der Waals surface area contributed by atoms with Gasteiger partial charge in [-0.1, -0.05) is 52.1 Å². The van der Waals surface area contributed by atoms with E-state index in [1.54, 1.807) is 6.07 Å². The first kappa shape index (κ1) is 22.4. The number of hydrogen-bond acceptors (Lipinski definition) is 4. The Morgan fingerprint density at radius 2 is 1.65 bits per heavy atom. The number of carbonyl (C=O) groups excluding carboxylic acids is 1. The quantitative estimate of drug-likeness (QED) is 0.555. The van der Waals surface area contributed by atoms with Crippen LogP contribution in [0.3, 0.4) is 0 Å². The van der Waals surface area contributed by atoms with Crippen molar-refractivity contribution in [2.75, 3.05) is 0 Å². The zero-order chi connectivity index (χ0) is 20.5. The third kappa shape index (κ3) is 5.70. The summed E-state index contributed by atoms with van der Waals surface area (Å²) in [6.45, 7) is 12.7. The molecule has 0 bridgehead atoms. The minimum absolute atomic E-state index is 0.00395. The zero-order valence-electron chi connectivity index (χ0n) is 16.3. The molecule has 0 aliphatic carbocycles. The van der Waals surface area contributed by atoms with Gasteiger partial charge in [0, 0.05) is 22.6 Å². The molecular formula is C19H27FO5P+. The first-order valence-corrected chi connectivity index (χ1v) is 9.33. The number of rotatable bonds is 5. The average molecular weight is 385 g/mol. The SMILES string of the molecule is CC(F)(O[P+](=O)O)C(=O)/C=C/c1cc(C(C)(C)C)cc(C(C)(C)C)c1O. The Hall–Kier alpha value is -1.62. The van der Waals surface area contributed by atoms with Gasteiger partial charge in [-0.3, -0.25) is 4.79 Å². The summed E-state index contributed by atoms with van der Waals surface area (Å²) < 4.78 is 28.8. The molecule has 0 saturated heterocycles. The van der Waals surface area contributed by atoms with Gasteiger partial charge in [-0.15, -0.1) is 4.89 Å². The molecule has 7 heteroatoms. The van der Waals surface area contributed by atoms with Crippen molar-refractivity contribution in [1.29, 1.82) is 0 Å². The maximum absolute atomic E-state index is 14.0. The number of phenols is 1. The maximum Gasteiger partial charge on any atom is 0.698 e. The van der Waals surface area contributed by atoms with E-state index in [1.165, 1.54) is 6.08 Å². The van der Waals surface area contributed by atoms with E-state index in [-0.39, 0.29) is 16.6 Å². The van der Waals surface area contributed by atoms with Gasteiger partial charge in [0.1, 0.15) is 5.75 Å². The molecule has 26 heavy (non-hydrogen) atoms. The van der Waals surface area contributed by atoms with Gasteiger partial charge in [0.2, 0.25) is 5.78 Å². The van der Waals surface area contributed by atoms with E-state index < -0.39 is 19.9 Å². The second kappa shape index (κ2) is 7.55. The predicted octanol–water partition coefficient (Wildman–Crippen LogP) is 4.92. The smallest absolute Gasteiger partial charge is 0.507 e. The minimum atomic E-state index is -3.26. The molecule has 2 unspecified atom stereocenters. The van der Waals surface area contributed by atoms with E-state index in [9.17, 15) is 18.9 Å². The van der Waals surface area contributed by atoms with Crippen molar-refractivity contribution in [1.82, 2.24) is 0 Å². The van der Waals surface area contributed by atoms with Crippen LogP contribution in [0.5, 0.6) is 5.75 Å². The Kier molecular flexibility index (Phi) is 6.51. The zero-order valence-corrected chi connectivity index (χ0v) is 17.1. The molecule has 1 aromatic rings. The molecule has 0 fully saturated rings. The first-order valence-electron chi connectivity index (χ1n) is 8.20. The molecule has 0 amide bonds. The summed E-state index contributed by atoms with van der Waals surface area (Å²) in [5, 5.41) is 10.6. The summed E-state index contributed by atoms with van der Waals surface area (Å²) in [6, 6.07) is 3.66. The number of carbonyl (C=O) groups is 1. The number of halogens is 1. The van der Waals surface area contributed by atoms with Crippen molar-refractivity contribution in [3.05, 3.63) is 34.9 Å². The van der Waals surface area contributed by atoms with E-state index >= 15 is 0 Å². The molecule has 2 N–H and O–H groups in total. The lowest BCUT2D eigenvalue weighted by Crippen LogP contribution is -2.29. The molecule has 2 atom stereocenters. The molecule has 0 aliphatic heterocycles. The van der Waals surface area contributed by atoms with Gasteiger partial charge in [-0.2, -0.15) is 4.39 Å². The molecule has 0 radical (unpaired) electrons. The van der Waals surface area contributed by atoms with Gasteiger partial charge in [0.15, 0.2) is 0 Å². The Labute approximate surface area is 154 Å². The fourth-order valence-corrected chi connectivity index (χ4v) is 2.68. The number of hydrogen-bond donors (Lipinski definition) is 2. The number of aromatic hydroxyl groups is 1. The third-order valence-corrected chi connectivity index (χ3v) is 4.42. The van der Waals surface area contributed by atoms with Crippen LogP contribution in [-0.2, 0) is 24.7 Å². The normalized spacial score (nSPS) is 15.8. The highest BCUT2D eigenvalue weighted by molar-refractivity contribution is 7.32. The number of phenolic OH excluding ortho intramolecular Hbond substituents is 1. The minimum Gasteiger partial charge on any atom is -0.507 e. The fraction of sp³-hybridized carbons (Fsp3) is 0.526. The van der Waals surface area contributed by atoms with Gasteiger partial charge in [0.25, 0.3) is 0 Å². The lowest BCUT2D eigenvalue weighted by Gasteiger charge is -2.27. The van der Waals surface area contributed by atoms with Crippen LogP contribution < -0.4 is 0 Å². The topological polar surface area (TPSA) is 83.8 Å². The highest BCUT2D eigenvalue weighted by Crippen LogP contribution is 2.38. The van der Waals surface area contributed by atoms with E-state index in [0.717, 1.165) is 18.6 Å². The van der Waals surface area contributed by atoms with Crippen molar-refractivity contribution in [3.63, 3.8) is 0 Å².